The number of aromatic hydroxyl groups is 3. The maximum absolute atomic E-state index is 12.2. The van der Waals surface area contributed by atoms with Gasteiger partial charge in [-0.05, 0) is 94.3 Å². The molecule has 0 amide bonds. The Hall–Kier alpha value is -3.92. The summed E-state index contributed by atoms with van der Waals surface area (Å²) < 4.78 is 6.76. The number of phenolic OH excluding ortho intramolecular Hbond substituents is 3. The third-order valence-electron chi connectivity index (χ3n) is 10.6. The average Bonchev–Trinajstić information content (AvgIpc) is 2.99. The number of hydrogen-bond acceptors (Lipinski definition) is 4. The van der Waals surface area contributed by atoms with Crippen LogP contribution >= 0.6 is 0 Å². The van der Waals surface area contributed by atoms with Gasteiger partial charge in [0.2, 0.25) is 0 Å². The van der Waals surface area contributed by atoms with Gasteiger partial charge in [-0.3, -0.25) is 0 Å². The number of ether oxygens (including phenoxy) is 1. The molecule has 0 spiro atoms. The van der Waals surface area contributed by atoms with Crippen LogP contribution in [-0.2, 0) is 47.3 Å². The molecule has 4 heteroatoms. The molecule has 0 fully saturated rings. The number of benzene rings is 4. The molecule has 0 saturated carbocycles. The highest BCUT2D eigenvalue weighted by molar-refractivity contribution is 5.59. The van der Waals surface area contributed by atoms with E-state index < -0.39 is 0 Å². The van der Waals surface area contributed by atoms with E-state index in [4.69, 9.17) is 4.74 Å². The van der Waals surface area contributed by atoms with Crippen molar-refractivity contribution in [2.24, 2.45) is 5.92 Å². The molecule has 4 aromatic rings. The highest BCUT2D eigenvalue weighted by atomic mass is 16.5. The van der Waals surface area contributed by atoms with Gasteiger partial charge in [0.15, 0.2) is 0 Å². The topological polar surface area (TPSA) is 69.9 Å². The Labute approximate surface area is 314 Å². The molecule has 52 heavy (non-hydrogen) atoms. The number of hydrogen-bond donors (Lipinski definition) is 3. The van der Waals surface area contributed by atoms with Crippen molar-refractivity contribution in [2.75, 3.05) is 6.61 Å². The van der Waals surface area contributed by atoms with Gasteiger partial charge in [0.25, 0.3) is 0 Å². The summed E-state index contributed by atoms with van der Waals surface area (Å²) in [4.78, 5) is 0. The largest absolute Gasteiger partial charge is 0.507 e. The Morgan fingerprint density at radius 1 is 0.423 bits per heavy atom. The standard InChI is InChI=1S/C48H64O4/c1-28(2)27-52-44-35-17-33-23-38(46(6,7)8)21-31(42(33)50)15-29-19-37(45(3,4)5)20-30(41(29)49)16-32-22-39(47(9,10)11)24-34(43(32)51)18-36(44)26-40(25-35)48(12,13)14/h19-26,28,49-51H,15-18,27H2,1-14H3. The van der Waals surface area contributed by atoms with Crippen LogP contribution in [0.15, 0.2) is 48.5 Å². The van der Waals surface area contributed by atoms with Gasteiger partial charge in [0.1, 0.15) is 23.0 Å². The Kier molecular flexibility index (Phi) is 10.4. The number of fused-ring (bicyclic) bond motifs is 8. The van der Waals surface area contributed by atoms with E-state index >= 15 is 0 Å². The van der Waals surface area contributed by atoms with Crippen LogP contribution in [0.25, 0.3) is 0 Å². The van der Waals surface area contributed by atoms with E-state index in [1.807, 2.05) is 0 Å². The van der Waals surface area contributed by atoms with Crippen molar-refractivity contribution in [3.05, 3.63) is 115 Å². The van der Waals surface area contributed by atoms with Crippen LogP contribution in [0.1, 0.15) is 164 Å². The van der Waals surface area contributed by atoms with Crippen LogP contribution < -0.4 is 4.74 Å². The normalized spacial score (nSPS) is 14.1. The minimum Gasteiger partial charge on any atom is -0.507 e. The van der Waals surface area contributed by atoms with Crippen molar-refractivity contribution < 1.29 is 20.1 Å². The van der Waals surface area contributed by atoms with Crippen molar-refractivity contribution in [1.82, 2.24) is 0 Å². The van der Waals surface area contributed by atoms with E-state index in [0.29, 0.717) is 38.2 Å². The van der Waals surface area contributed by atoms with Crippen LogP contribution in [0, 0.1) is 5.92 Å². The van der Waals surface area contributed by atoms with Crippen molar-refractivity contribution >= 4 is 0 Å². The van der Waals surface area contributed by atoms with Gasteiger partial charge in [-0.15, -0.1) is 0 Å². The summed E-state index contributed by atoms with van der Waals surface area (Å²) >= 11 is 0. The molecule has 0 unspecified atom stereocenters. The Bertz CT molecular complexity index is 1850. The van der Waals surface area contributed by atoms with Gasteiger partial charge in [0.05, 0.1) is 6.61 Å². The van der Waals surface area contributed by atoms with Crippen LogP contribution in [0.5, 0.6) is 23.0 Å². The van der Waals surface area contributed by atoms with Crippen molar-refractivity contribution in [1.29, 1.82) is 0 Å². The van der Waals surface area contributed by atoms with Gasteiger partial charge < -0.3 is 20.1 Å². The average molecular weight is 705 g/mol. The lowest BCUT2D eigenvalue weighted by atomic mass is 9.79. The minimum absolute atomic E-state index is 0.146. The fourth-order valence-corrected chi connectivity index (χ4v) is 7.09. The monoisotopic (exact) mass is 704 g/mol. The highest BCUT2D eigenvalue weighted by Gasteiger charge is 2.28. The van der Waals surface area contributed by atoms with Gasteiger partial charge in [-0.25, -0.2) is 0 Å². The van der Waals surface area contributed by atoms with Crippen LogP contribution in [0.4, 0.5) is 0 Å². The Morgan fingerprint density at radius 3 is 0.846 bits per heavy atom. The number of rotatable bonds is 3. The fraction of sp³-hybridized carbons (Fsp3) is 0.500. The second-order valence-corrected chi connectivity index (χ2v) is 20.0. The van der Waals surface area contributed by atoms with E-state index in [1.54, 1.807) is 0 Å². The molecule has 4 nitrogen and oxygen atoms in total. The van der Waals surface area contributed by atoms with Crippen molar-refractivity contribution in [2.45, 2.75) is 144 Å². The molecule has 1 aliphatic rings. The van der Waals surface area contributed by atoms with E-state index in [2.05, 4.69) is 145 Å². The summed E-state index contributed by atoms with van der Waals surface area (Å²) in [6.07, 6.45) is 1.70. The minimum atomic E-state index is -0.182. The quantitative estimate of drug-likeness (QED) is 0.175. The lowest BCUT2D eigenvalue weighted by molar-refractivity contribution is 0.266. The predicted molar refractivity (Wildman–Crippen MR) is 217 cm³/mol. The van der Waals surface area contributed by atoms with E-state index in [-0.39, 0.29) is 38.9 Å². The molecule has 0 aliphatic heterocycles. The molecule has 8 bridgehead atoms. The van der Waals surface area contributed by atoms with Gasteiger partial charge in [-0.1, -0.05) is 145 Å². The summed E-state index contributed by atoms with van der Waals surface area (Å²) in [5.41, 5.74) is 10.7. The van der Waals surface area contributed by atoms with Crippen molar-refractivity contribution in [3.63, 3.8) is 0 Å². The SMILES string of the molecule is CC(C)COc1c2cc(C(C)(C)C)cc1Cc1cc(C(C)(C)C)cc(c1O)Cc1cc(C(C)(C)C)cc(c1O)Cc1cc(C(C)(C)C)cc(c1O)C2. The first-order valence-corrected chi connectivity index (χ1v) is 19.2. The second-order valence-electron chi connectivity index (χ2n) is 20.0. The number of phenols is 3. The van der Waals surface area contributed by atoms with Crippen LogP contribution in [0.3, 0.4) is 0 Å². The molecule has 0 saturated heterocycles. The first kappa shape index (κ1) is 39.3. The zero-order chi connectivity index (χ0) is 38.7. The summed E-state index contributed by atoms with van der Waals surface area (Å²) in [5.74, 6) is 1.88. The van der Waals surface area contributed by atoms with E-state index in [9.17, 15) is 15.3 Å². The summed E-state index contributed by atoms with van der Waals surface area (Å²) in [6, 6.07) is 17.2. The Balaban J connectivity index is 1.92. The summed E-state index contributed by atoms with van der Waals surface area (Å²) in [7, 11) is 0. The zero-order valence-electron chi connectivity index (χ0n) is 34.5. The van der Waals surface area contributed by atoms with Crippen LogP contribution in [0.2, 0.25) is 0 Å². The Morgan fingerprint density at radius 2 is 0.635 bits per heavy atom. The lowest BCUT2D eigenvalue weighted by Crippen LogP contribution is -2.17. The molecule has 280 valence electrons. The smallest absolute Gasteiger partial charge is 0.126 e. The molecule has 4 aromatic carbocycles. The second kappa shape index (κ2) is 13.8. The van der Waals surface area contributed by atoms with Gasteiger partial charge >= 0.3 is 0 Å². The molecular weight excluding hydrogens is 641 g/mol. The molecule has 1 aliphatic carbocycles. The molecular formula is C48H64O4. The summed E-state index contributed by atoms with van der Waals surface area (Å²) in [6.45, 7) is 31.3. The first-order chi connectivity index (χ1) is 23.8. The molecule has 0 atom stereocenters. The van der Waals surface area contributed by atoms with Crippen LogP contribution in [-0.4, -0.2) is 21.9 Å². The third-order valence-corrected chi connectivity index (χ3v) is 10.6. The zero-order valence-corrected chi connectivity index (χ0v) is 34.5. The lowest BCUT2D eigenvalue weighted by Gasteiger charge is -2.28. The van der Waals surface area contributed by atoms with E-state index in [0.717, 1.165) is 66.9 Å². The summed E-state index contributed by atoms with van der Waals surface area (Å²) in [5, 5.41) is 36.3. The maximum atomic E-state index is 12.2. The maximum Gasteiger partial charge on any atom is 0.126 e. The van der Waals surface area contributed by atoms with Gasteiger partial charge in [-0.2, -0.15) is 0 Å². The third kappa shape index (κ3) is 8.48. The molecule has 0 aromatic heterocycles. The predicted octanol–water partition coefficient (Wildman–Crippen LogP) is 11.7. The molecule has 5 rings (SSSR count). The van der Waals surface area contributed by atoms with Crippen molar-refractivity contribution in [3.8, 4) is 23.0 Å². The first-order valence-electron chi connectivity index (χ1n) is 19.2. The fourth-order valence-electron chi connectivity index (χ4n) is 7.09. The molecule has 3 N–H and O–H groups in total. The van der Waals surface area contributed by atoms with Gasteiger partial charge in [0, 0.05) is 25.7 Å². The highest BCUT2D eigenvalue weighted by Crippen LogP contribution is 2.43. The molecule has 0 radical (unpaired) electrons. The van der Waals surface area contributed by atoms with E-state index in [1.165, 1.54) is 5.56 Å². The molecule has 0 heterocycles.